The van der Waals surface area contributed by atoms with Crippen molar-refractivity contribution in [1.82, 2.24) is 4.98 Å². The number of thiazole rings is 1. The minimum absolute atomic E-state index is 0.337. The molecule has 2 rings (SSSR count). The molecule has 106 valence electrons. The molecular weight excluding hydrogens is 276 g/mol. The first-order valence-electron chi connectivity index (χ1n) is 6.20. The Balaban J connectivity index is 2.16. The normalized spacial score (nSPS) is 11.7. The monoisotopic (exact) mass is 292 g/mol. The maximum Gasteiger partial charge on any atom is 0.334 e. The van der Waals surface area contributed by atoms with Gasteiger partial charge in [-0.25, -0.2) is 9.78 Å². The first kappa shape index (κ1) is 14.3. The highest BCUT2D eigenvalue weighted by molar-refractivity contribution is 7.07. The SMILES string of the molecule is CCOC(=O)C(Nc1ccc(OC)cc1)c1cscn1. The molecule has 1 heterocycles. The smallest absolute Gasteiger partial charge is 0.334 e. The summed E-state index contributed by atoms with van der Waals surface area (Å²) >= 11 is 1.44. The van der Waals surface area contributed by atoms with Gasteiger partial charge in [-0.2, -0.15) is 0 Å². The van der Waals surface area contributed by atoms with Gasteiger partial charge in [0.25, 0.3) is 0 Å². The van der Waals surface area contributed by atoms with Gasteiger partial charge in [0.1, 0.15) is 5.75 Å². The van der Waals surface area contributed by atoms with Crippen molar-refractivity contribution in [3.05, 3.63) is 40.8 Å². The number of carbonyl (C=O) groups is 1. The van der Waals surface area contributed by atoms with Crippen molar-refractivity contribution in [3.8, 4) is 5.75 Å². The quantitative estimate of drug-likeness (QED) is 0.830. The second kappa shape index (κ2) is 6.91. The molecular formula is C14H16N2O3S. The first-order chi connectivity index (χ1) is 9.74. The lowest BCUT2D eigenvalue weighted by Crippen LogP contribution is -2.23. The van der Waals surface area contributed by atoms with Crippen LogP contribution in [0.4, 0.5) is 5.69 Å². The molecule has 1 aromatic heterocycles. The van der Waals surface area contributed by atoms with E-state index >= 15 is 0 Å². The number of rotatable bonds is 6. The van der Waals surface area contributed by atoms with Crippen LogP contribution in [0.3, 0.4) is 0 Å². The number of nitrogens with zero attached hydrogens (tertiary/aromatic N) is 1. The zero-order valence-electron chi connectivity index (χ0n) is 11.3. The number of nitrogens with one attached hydrogen (secondary N) is 1. The van der Waals surface area contributed by atoms with Crippen LogP contribution in [0.15, 0.2) is 35.2 Å². The van der Waals surface area contributed by atoms with Gasteiger partial charge in [-0.1, -0.05) is 0 Å². The molecule has 0 aliphatic rings. The van der Waals surface area contributed by atoms with E-state index < -0.39 is 6.04 Å². The maximum absolute atomic E-state index is 12.0. The Hall–Kier alpha value is -2.08. The van der Waals surface area contributed by atoms with Crippen LogP contribution in [0, 0.1) is 0 Å². The molecule has 0 spiro atoms. The minimum atomic E-state index is -0.602. The van der Waals surface area contributed by atoms with Crippen LogP contribution in [0.2, 0.25) is 0 Å². The van der Waals surface area contributed by atoms with Gasteiger partial charge in [-0.15, -0.1) is 11.3 Å². The fourth-order valence-corrected chi connectivity index (χ4v) is 2.28. The van der Waals surface area contributed by atoms with Crippen molar-refractivity contribution in [2.24, 2.45) is 0 Å². The van der Waals surface area contributed by atoms with Crippen LogP contribution in [0.25, 0.3) is 0 Å². The zero-order chi connectivity index (χ0) is 14.4. The molecule has 1 unspecified atom stereocenters. The van der Waals surface area contributed by atoms with Gasteiger partial charge in [0.2, 0.25) is 0 Å². The van der Waals surface area contributed by atoms with E-state index in [1.807, 2.05) is 29.6 Å². The van der Waals surface area contributed by atoms with Crippen molar-refractivity contribution >= 4 is 23.0 Å². The van der Waals surface area contributed by atoms with E-state index in [1.165, 1.54) is 11.3 Å². The van der Waals surface area contributed by atoms with Gasteiger partial charge in [0.05, 0.1) is 24.9 Å². The molecule has 0 radical (unpaired) electrons. The Morgan fingerprint density at radius 2 is 2.15 bits per heavy atom. The molecule has 0 bridgehead atoms. The maximum atomic E-state index is 12.0. The van der Waals surface area contributed by atoms with Gasteiger partial charge in [-0.05, 0) is 31.2 Å². The molecule has 0 aliphatic heterocycles. The second-order valence-corrected chi connectivity index (χ2v) is 4.69. The largest absolute Gasteiger partial charge is 0.497 e. The van der Waals surface area contributed by atoms with Crippen molar-refractivity contribution in [2.75, 3.05) is 19.0 Å². The number of aromatic nitrogens is 1. The fourth-order valence-electron chi connectivity index (χ4n) is 1.70. The van der Waals surface area contributed by atoms with E-state index in [4.69, 9.17) is 9.47 Å². The Labute approximate surface area is 121 Å². The number of benzene rings is 1. The van der Waals surface area contributed by atoms with E-state index in [0.717, 1.165) is 11.4 Å². The highest BCUT2D eigenvalue weighted by Gasteiger charge is 2.23. The zero-order valence-corrected chi connectivity index (χ0v) is 12.1. The molecule has 20 heavy (non-hydrogen) atoms. The molecule has 0 saturated carbocycles. The lowest BCUT2D eigenvalue weighted by Gasteiger charge is -2.16. The van der Waals surface area contributed by atoms with E-state index in [9.17, 15) is 4.79 Å². The van der Waals surface area contributed by atoms with Gasteiger partial charge >= 0.3 is 5.97 Å². The number of hydrogen-bond donors (Lipinski definition) is 1. The molecule has 1 aromatic carbocycles. The van der Waals surface area contributed by atoms with Crippen LogP contribution >= 0.6 is 11.3 Å². The lowest BCUT2D eigenvalue weighted by atomic mass is 10.2. The summed E-state index contributed by atoms with van der Waals surface area (Å²) in [6.45, 7) is 2.12. The predicted octanol–water partition coefficient (Wildman–Crippen LogP) is 2.87. The molecule has 5 nitrogen and oxygen atoms in total. The average Bonchev–Trinajstić information content (AvgIpc) is 2.99. The van der Waals surface area contributed by atoms with E-state index in [2.05, 4.69) is 10.3 Å². The third-order valence-corrected chi connectivity index (χ3v) is 3.28. The summed E-state index contributed by atoms with van der Waals surface area (Å²) in [4.78, 5) is 16.2. The van der Waals surface area contributed by atoms with Gasteiger partial charge < -0.3 is 14.8 Å². The van der Waals surface area contributed by atoms with Crippen molar-refractivity contribution in [3.63, 3.8) is 0 Å². The summed E-state index contributed by atoms with van der Waals surface area (Å²) in [6.07, 6.45) is 0. The Bertz CT molecular complexity index is 540. The van der Waals surface area contributed by atoms with Gasteiger partial charge in [-0.3, -0.25) is 0 Å². The topological polar surface area (TPSA) is 60.5 Å². The number of carbonyl (C=O) groups excluding carboxylic acids is 1. The molecule has 0 saturated heterocycles. The Morgan fingerprint density at radius 1 is 1.40 bits per heavy atom. The summed E-state index contributed by atoms with van der Waals surface area (Å²) in [5.74, 6) is 0.422. The van der Waals surface area contributed by atoms with E-state index in [-0.39, 0.29) is 5.97 Å². The number of hydrogen-bond acceptors (Lipinski definition) is 6. The van der Waals surface area contributed by atoms with Crippen LogP contribution in [-0.4, -0.2) is 24.7 Å². The molecule has 2 aromatic rings. The van der Waals surface area contributed by atoms with E-state index in [1.54, 1.807) is 19.5 Å². The molecule has 1 atom stereocenters. The average molecular weight is 292 g/mol. The number of ether oxygens (including phenoxy) is 2. The molecule has 0 amide bonds. The fraction of sp³-hybridized carbons (Fsp3) is 0.286. The predicted molar refractivity (Wildman–Crippen MR) is 78.1 cm³/mol. The Morgan fingerprint density at radius 3 is 2.70 bits per heavy atom. The highest BCUT2D eigenvalue weighted by atomic mass is 32.1. The summed E-state index contributed by atoms with van der Waals surface area (Å²) in [5, 5.41) is 4.96. The van der Waals surface area contributed by atoms with Crippen LogP contribution < -0.4 is 10.1 Å². The number of methoxy groups -OCH3 is 1. The molecule has 1 N–H and O–H groups in total. The van der Waals surface area contributed by atoms with Crippen molar-refractivity contribution in [1.29, 1.82) is 0 Å². The number of esters is 1. The summed E-state index contributed by atoms with van der Waals surface area (Å²) < 4.78 is 10.2. The third kappa shape index (κ3) is 3.48. The van der Waals surface area contributed by atoms with Crippen molar-refractivity contribution in [2.45, 2.75) is 13.0 Å². The van der Waals surface area contributed by atoms with Crippen LogP contribution in [0.5, 0.6) is 5.75 Å². The number of anilines is 1. The first-order valence-corrected chi connectivity index (χ1v) is 7.14. The third-order valence-electron chi connectivity index (χ3n) is 2.67. The standard InChI is InChI=1S/C14H16N2O3S/c1-3-19-14(17)13(12-8-20-9-15-12)16-10-4-6-11(18-2)7-5-10/h4-9,13,16H,3H2,1-2H3. The van der Waals surface area contributed by atoms with Gasteiger partial charge in [0, 0.05) is 11.1 Å². The van der Waals surface area contributed by atoms with Crippen LogP contribution in [-0.2, 0) is 9.53 Å². The summed E-state index contributed by atoms with van der Waals surface area (Å²) in [5.41, 5.74) is 3.15. The summed E-state index contributed by atoms with van der Waals surface area (Å²) in [6, 6.07) is 6.74. The van der Waals surface area contributed by atoms with Gasteiger partial charge in [0.15, 0.2) is 6.04 Å². The molecule has 6 heteroatoms. The molecule has 0 aliphatic carbocycles. The van der Waals surface area contributed by atoms with Crippen molar-refractivity contribution < 1.29 is 14.3 Å². The molecule has 0 fully saturated rings. The highest BCUT2D eigenvalue weighted by Crippen LogP contribution is 2.23. The van der Waals surface area contributed by atoms with Crippen LogP contribution in [0.1, 0.15) is 18.7 Å². The second-order valence-electron chi connectivity index (χ2n) is 3.97. The minimum Gasteiger partial charge on any atom is -0.497 e. The lowest BCUT2D eigenvalue weighted by molar-refractivity contribution is -0.144. The van der Waals surface area contributed by atoms with E-state index in [0.29, 0.717) is 12.3 Å². The summed E-state index contributed by atoms with van der Waals surface area (Å²) in [7, 11) is 1.61. The Kier molecular flexibility index (Phi) is 4.95.